The second-order valence-electron chi connectivity index (χ2n) is 7.95. The number of nitrogens with two attached hydrogens (primary N) is 1. The standard InChI is InChI=1S/C22H31NO6.H2O.2H2/c1-2-3-14-4-5-18(26)22-16(14)9-13(10-20(22)28)8-15(6-7-24)17(12-25)19(27)11-21(23)29;;;/h4-5,13,15,17,24-26H,2-3,6-12H2,1H3,(H2,23,29);1H2;2*1H. The first-order valence-corrected chi connectivity index (χ1v) is 10.2. The molecule has 2 rings (SSSR count). The molecule has 0 aliphatic heterocycles. The first-order chi connectivity index (χ1) is 13.8. The molecule has 0 aromatic heterocycles. The number of primary amides is 1. The Morgan fingerprint density at radius 1 is 1.27 bits per heavy atom. The predicted molar refractivity (Wildman–Crippen MR) is 115 cm³/mol. The van der Waals surface area contributed by atoms with Crippen LogP contribution in [0.4, 0.5) is 0 Å². The lowest BCUT2D eigenvalue weighted by Crippen LogP contribution is -2.33. The fourth-order valence-corrected chi connectivity index (χ4v) is 4.51. The molecule has 30 heavy (non-hydrogen) atoms. The van der Waals surface area contributed by atoms with Crippen LogP contribution in [0.2, 0.25) is 0 Å². The Hall–Kier alpha value is -2.29. The molecule has 1 aromatic carbocycles. The minimum absolute atomic E-state index is 0. The highest BCUT2D eigenvalue weighted by Crippen LogP contribution is 2.38. The number of benzene rings is 1. The van der Waals surface area contributed by atoms with Crippen molar-refractivity contribution in [2.75, 3.05) is 13.2 Å². The second kappa shape index (κ2) is 11.8. The molecule has 0 saturated carbocycles. The maximum atomic E-state index is 12.7. The molecule has 0 saturated heterocycles. The Kier molecular flexibility index (Phi) is 10.1. The molecule has 8 heteroatoms. The summed E-state index contributed by atoms with van der Waals surface area (Å²) < 4.78 is 0. The quantitative estimate of drug-likeness (QED) is 0.387. The van der Waals surface area contributed by atoms with Crippen LogP contribution in [0.15, 0.2) is 12.1 Å². The molecule has 7 N–H and O–H groups in total. The van der Waals surface area contributed by atoms with Gasteiger partial charge in [0.2, 0.25) is 5.91 Å². The van der Waals surface area contributed by atoms with E-state index in [-0.39, 0.29) is 51.1 Å². The number of fused-ring (bicyclic) bond motifs is 1. The van der Waals surface area contributed by atoms with Crippen molar-refractivity contribution in [3.63, 3.8) is 0 Å². The molecule has 0 bridgehead atoms. The molecule has 8 nitrogen and oxygen atoms in total. The smallest absolute Gasteiger partial charge is 0.224 e. The number of carbonyl (C=O) groups excluding carboxylic acids is 3. The largest absolute Gasteiger partial charge is 0.507 e. The Morgan fingerprint density at radius 3 is 2.53 bits per heavy atom. The molecule has 1 aliphatic rings. The van der Waals surface area contributed by atoms with E-state index in [9.17, 15) is 29.7 Å². The molecule has 0 spiro atoms. The van der Waals surface area contributed by atoms with E-state index in [1.807, 2.05) is 6.07 Å². The van der Waals surface area contributed by atoms with Gasteiger partial charge in [-0.2, -0.15) is 0 Å². The van der Waals surface area contributed by atoms with Gasteiger partial charge in [-0.1, -0.05) is 19.4 Å². The van der Waals surface area contributed by atoms with Crippen molar-refractivity contribution >= 4 is 17.5 Å². The third-order valence-electron chi connectivity index (χ3n) is 5.82. The maximum Gasteiger partial charge on any atom is 0.224 e. The third-order valence-corrected chi connectivity index (χ3v) is 5.82. The third kappa shape index (κ3) is 6.10. The number of aromatic hydroxyl groups is 1. The van der Waals surface area contributed by atoms with Crippen LogP contribution in [0.25, 0.3) is 0 Å². The van der Waals surface area contributed by atoms with Gasteiger partial charge in [0, 0.05) is 21.8 Å². The Labute approximate surface area is 179 Å². The summed E-state index contributed by atoms with van der Waals surface area (Å²) in [6.45, 7) is 1.45. The Bertz CT molecular complexity index is 773. The van der Waals surface area contributed by atoms with Gasteiger partial charge in [-0.05, 0) is 54.7 Å². The van der Waals surface area contributed by atoms with Crippen LogP contribution in [0.3, 0.4) is 0 Å². The molecule has 1 aromatic rings. The number of amides is 1. The number of aliphatic hydroxyl groups is 2. The van der Waals surface area contributed by atoms with Crippen LogP contribution in [-0.4, -0.2) is 51.5 Å². The van der Waals surface area contributed by atoms with Crippen molar-refractivity contribution in [3.05, 3.63) is 28.8 Å². The van der Waals surface area contributed by atoms with Crippen LogP contribution in [0.5, 0.6) is 5.75 Å². The van der Waals surface area contributed by atoms with Gasteiger partial charge in [0.1, 0.15) is 11.5 Å². The van der Waals surface area contributed by atoms with Crippen molar-refractivity contribution in [1.29, 1.82) is 0 Å². The normalized spacial score (nSPS) is 17.6. The number of rotatable bonds is 11. The van der Waals surface area contributed by atoms with Crippen LogP contribution in [0.1, 0.15) is 63.4 Å². The molecule has 0 fully saturated rings. The zero-order chi connectivity index (χ0) is 21.6. The van der Waals surface area contributed by atoms with Crippen LogP contribution >= 0.6 is 0 Å². The molecule has 1 amide bonds. The number of hydrogen-bond acceptors (Lipinski definition) is 6. The van der Waals surface area contributed by atoms with Crippen LogP contribution in [0, 0.1) is 17.8 Å². The summed E-state index contributed by atoms with van der Waals surface area (Å²) in [5, 5.41) is 29.4. The van der Waals surface area contributed by atoms with E-state index in [0.717, 1.165) is 24.0 Å². The average Bonchev–Trinajstić information content (AvgIpc) is 2.64. The van der Waals surface area contributed by atoms with E-state index < -0.39 is 30.6 Å². The van der Waals surface area contributed by atoms with Crippen molar-refractivity contribution < 1.29 is 38.0 Å². The van der Waals surface area contributed by atoms with Crippen molar-refractivity contribution in [2.45, 2.75) is 51.9 Å². The summed E-state index contributed by atoms with van der Waals surface area (Å²) in [6.07, 6.45) is 2.84. The van der Waals surface area contributed by atoms with Gasteiger partial charge in [0.15, 0.2) is 5.78 Å². The summed E-state index contributed by atoms with van der Waals surface area (Å²) in [7, 11) is 0. The number of phenols is 1. The molecule has 3 atom stereocenters. The molecule has 0 heterocycles. The molecule has 0 radical (unpaired) electrons. The SMILES string of the molecule is CCCc1ccc(O)c2c1CC(CC(CCO)C(CO)C(=O)CC(N)=O)CC2=O.O.[HH].[HH]. The maximum absolute atomic E-state index is 12.7. The van der Waals surface area contributed by atoms with E-state index in [2.05, 4.69) is 6.92 Å². The summed E-state index contributed by atoms with van der Waals surface area (Å²) in [5.41, 5.74) is 7.42. The number of carbonyl (C=O) groups is 3. The number of ketones is 2. The lowest BCUT2D eigenvalue weighted by molar-refractivity contribution is -0.131. The lowest BCUT2D eigenvalue weighted by Gasteiger charge is -2.31. The average molecular weight is 428 g/mol. The van der Waals surface area contributed by atoms with E-state index >= 15 is 0 Å². The highest BCUT2D eigenvalue weighted by atomic mass is 16.3. The van der Waals surface area contributed by atoms with Gasteiger partial charge in [-0.15, -0.1) is 0 Å². The number of phenolic OH excluding ortho intramolecular Hbond substituents is 1. The second-order valence-corrected chi connectivity index (χ2v) is 7.95. The Balaban J connectivity index is 0. The highest BCUT2D eigenvalue weighted by Gasteiger charge is 2.34. The van der Waals surface area contributed by atoms with Gasteiger partial charge in [-0.3, -0.25) is 14.4 Å². The first-order valence-electron chi connectivity index (χ1n) is 10.2. The number of Topliss-reactive ketones (excluding diaryl/α,β-unsaturated/α-hetero) is 2. The first kappa shape index (κ1) is 25.7. The fraction of sp³-hybridized carbons (Fsp3) is 0.591. The number of aliphatic hydroxyl groups excluding tert-OH is 2. The van der Waals surface area contributed by atoms with E-state index in [1.165, 1.54) is 0 Å². The molecular weight excluding hydrogens is 390 g/mol. The van der Waals surface area contributed by atoms with E-state index in [1.54, 1.807) is 6.07 Å². The summed E-state index contributed by atoms with van der Waals surface area (Å²) in [6, 6.07) is 3.42. The molecule has 172 valence electrons. The Morgan fingerprint density at radius 2 is 1.97 bits per heavy atom. The van der Waals surface area contributed by atoms with E-state index in [4.69, 9.17) is 5.73 Å². The fourth-order valence-electron chi connectivity index (χ4n) is 4.51. The lowest BCUT2D eigenvalue weighted by atomic mass is 9.72. The van der Waals surface area contributed by atoms with Crippen molar-refractivity contribution in [1.82, 2.24) is 0 Å². The topological polar surface area (TPSA) is 169 Å². The van der Waals surface area contributed by atoms with Gasteiger partial charge < -0.3 is 26.5 Å². The van der Waals surface area contributed by atoms with E-state index in [0.29, 0.717) is 18.4 Å². The minimum Gasteiger partial charge on any atom is -0.507 e. The number of aryl methyl sites for hydroxylation is 1. The van der Waals surface area contributed by atoms with Crippen molar-refractivity contribution in [2.24, 2.45) is 23.5 Å². The summed E-state index contributed by atoms with van der Waals surface area (Å²) in [5.74, 6) is -2.55. The summed E-state index contributed by atoms with van der Waals surface area (Å²) >= 11 is 0. The van der Waals surface area contributed by atoms with Gasteiger partial charge in [0.25, 0.3) is 0 Å². The monoisotopic (exact) mass is 427 g/mol. The van der Waals surface area contributed by atoms with Crippen molar-refractivity contribution in [3.8, 4) is 5.75 Å². The van der Waals surface area contributed by atoms with Gasteiger partial charge in [0.05, 0.1) is 18.6 Å². The van der Waals surface area contributed by atoms with Gasteiger partial charge in [-0.25, -0.2) is 0 Å². The number of hydrogen-bond donors (Lipinski definition) is 4. The van der Waals surface area contributed by atoms with Gasteiger partial charge >= 0.3 is 0 Å². The van der Waals surface area contributed by atoms with Crippen LogP contribution < -0.4 is 5.73 Å². The minimum atomic E-state index is -0.801. The zero-order valence-electron chi connectivity index (χ0n) is 17.4. The highest BCUT2D eigenvalue weighted by molar-refractivity contribution is 6.01. The van der Waals surface area contributed by atoms with Crippen LogP contribution in [-0.2, 0) is 22.4 Å². The molecule has 3 unspecified atom stereocenters. The molecule has 1 aliphatic carbocycles. The zero-order valence-corrected chi connectivity index (χ0v) is 17.4. The summed E-state index contributed by atoms with van der Waals surface area (Å²) in [4.78, 5) is 36.2. The molecular formula is C22H37NO7. The predicted octanol–water partition coefficient (Wildman–Crippen LogP) is 1.20.